The molecular weight excluding hydrogens is 100 g/mol. The van der Waals surface area contributed by atoms with Crippen molar-refractivity contribution in [1.29, 1.82) is 5.41 Å². The van der Waals surface area contributed by atoms with Gasteiger partial charge >= 0.3 is 0 Å². The first-order valence-corrected chi connectivity index (χ1v) is 2.55. The summed E-state index contributed by atoms with van der Waals surface area (Å²) in [4.78, 5) is 3.39. The molecule has 0 saturated carbocycles. The Bertz CT molecular complexity index is 64.6. The standard InChI is InChI=1S/C4H6N2.C2H6/c1-2-3-6-4-5;1-2/h2-5H,1H2;1-2H3. The second-order valence-electron chi connectivity index (χ2n) is 0.663. The predicted molar refractivity (Wildman–Crippen MR) is 38.8 cm³/mol. The molecule has 0 aliphatic carbocycles. The van der Waals surface area contributed by atoms with Crippen LogP contribution in [-0.4, -0.2) is 12.6 Å². The molecule has 0 spiro atoms. The fourth-order valence-corrected chi connectivity index (χ4v) is 0.104. The number of allylic oxidation sites excluding steroid dienone is 1. The minimum atomic E-state index is 0.960. The molecule has 0 aliphatic rings. The molecule has 0 rings (SSSR count). The van der Waals surface area contributed by atoms with Crippen molar-refractivity contribution in [3.63, 3.8) is 0 Å². The van der Waals surface area contributed by atoms with Crippen molar-refractivity contribution in [3.05, 3.63) is 12.7 Å². The van der Waals surface area contributed by atoms with Gasteiger partial charge in [0, 0.05) is 6.21 Å². The van der Waals surface area contributed by atoms with Gasteiger partial charge < -0.3 is 0 Å². The number of hydrogen-bond acceptors (Lipinski definition) is 1. The van der Waals surface area contributed by atoms with Gasteiger partial charge in [0.05, 0.1) is 0 Å². The van der Waals surface area contributed by atoms with Crippen LogP contribution in [0, 0.1) is 5.41 Å². The van der Waals surface area contributed by atoms with Crippen LogP contribution in [0.5, 0.6) is 0 Å². The maximum Gasteiger partial charge on any atom is 0.106 e. The Hall–Kier alpha value is -0.920. The summed E-state index contributed by atoms with van der Waals surface area (Å²) in [5.41, 5.74) is 0. The first kappa shape index (κ1) is 10.1. The molecule has 0 heterocycles. The summed E-state index contributed by atoms with van der Waals surface area (Å²) >= 11 is 0. The Morgan fingerprint density at radius 2 is 2.00 bits per heavy atom. The molecule has 1 N–H and O–H groups in total. The van der Waals surface area contributed by atoms with Gasteiger partial charge in [0.1, 0.15) is 6.34 Å². The molecular formula is C6H12N2. The quantitative estimate of drug-likeness (QED) is 0.418. The van der Waals surface area contributed by atoms with E-state index in [4.69, 9.17) is 5.41 Å². The first-order valence-electron chi connectivity index (χ1n) is 2.55. The molecule has 0 saturated heterocycles. The van der Waals surface area contributed by atoms with E-state index >= 15 is 0 Å². The summed E-state index contributed by atoms with van der Waals surface area (Å²) in [6, 6.07) is 0. The van der Waals surface area contributed by atoms with Crippen molar-refractivity contribution in [3.8, 4) is 0 Å². The summed E-state index contributed by atoms with van der Waals surface area (Å²) in [7, 11) is 0. The molecule has 0 aromatic carbocycles. The van der Waals surface area contributed by atoms with Crippen molar-refractivity contribution in [2.75, 3.05) is 0 Å². The monoisotopic (exact) mass is 112 g/mol. The molecule has 0 aliphatic heterocycles. The molecule has 0 aromatic rings. The second kappa shape index (κ2) is 16.5. The van der Waals surface area contributed by atoms with E-state index in [1.54, 1.807) is 0 Å². The molecule has 0 aromatic heterocycles. The van der Waals surface area contributed by atoms with E-state index in [0.29, 0.717) is 0 Å². The van der Waals surface area contributed by atoms with Gasteiger partial charge in [0.25, 0.3) is 0 Å². The molecule has 0 radical (unpaired) electrons. The zero-order valence-electron chi connectivity index (χ0n) is 5.39. The van der Waals surface area contributed by atoms with Crippen LogP contribution in [0.25, 0.3) is 0 Å². The number of nitrogens with zero attached hydrogens (tertiary/aromatic N) is 1. The van der Waals surface area contributed by atoms with Gasteiger partial charge in [-0.3, -0.25) is 5.41 Å². The maximum absolute atomic E-state index is 6.34. The van der Waals surface area contributed by atoms with E-state index in [1.165, 1.54) is 12.3 Å². The zero-order valence-corrected chi connectivity index (χ0v) is 5.39. The van der Waals surface area contributed by atoms with Crippen LogP contribution in [0.3, 0.4) is 0 Å². The van der Waals surface area contributed by atoms with Gasteiger partial charge in [-0.05, 0) is 0 Å². The van der Waals surface area contributed by atoms with E-state index in [-0.39, 0.29) is 0 Å². The topological polar surface area (TPSA) is 36.2 Å². The third-order valence-corrected chi connectivity index (χ3v) is 0.266. The van der Waals surface area contributed by atoms with Crippen LogP contribution in [0.2, 0.25) is 0 Å². The lowest BCUT2D eigenvalue weighted by Gasteiger charge is -1.61. The second-order valence-corrected chi connectivity index (χ2v) is 0.663. The largest absolute Gasteiger partial charge is 0.290 e. The minimum absolute atomic E-state index is 0.960. The Labute approximate surface area is 50.5 Å². The average Bonchev–Trinajstić information content (AvgIpc) is 1.88. The average molecular weight is 112 g/mol. The lowest BCUT2D eigenvalue weighted by Crippen LogP contribution is -1.59. The summed E-state index contributed by atoms with van der Waals surface area (Å²) in [5.74, 6) is 0. The van der Waals surface area contributed by atoms with E-state index < -0.39 is 0 Å². The van der Waals surface area contributed by atoms with Gasteiger partial charge in [-0.1, -0.05) is 26.5 Å². The van der Waals surface area contributed by atoms with Crippen LogP contribution in [0.1, 0.15) is 13.8 Å². The highest BCUT2D eigenvalue weighted by molar-refractivity contribution is 5.78. The summed E-state index contributed by atoms with van der Waals surface area (Å²) < 4.78 is 0. The van der Waals surface area contributed by atoms with Crippen molar-refractivity contribution in [2.45, 2.75) is 13.8 Å². The molecule has 46 valence electrons. The van der Waals surface area contributed by atoms with Crippen LogP contribution < -0.4 is 0 Å². The molecule has 2 heteroatoms. The highest BCUT2D eigenvalue weighted by Crippen LogP contribution is 1.52. The van der Waals surface area contributed by atoms with Gasteiger partial charge in [0.15, 0.2) is 0 Å². The van der Waals surface area contributed by atoms with Gasteiger partial charge in [0.2, 0.25) is 0 Å². The Kier molecular flexibility index (Phi) is 21.0. The Morgan fingerprint density at radius 1 is 1.50 bits per heavy atom. The third-order valence-electron chi connectivity index (χ3n) is 0.266. The Morgan fingerprint density at radius 3 is 2.12 bits per heavy atom. The molecule has 0 atom stereocenters. The molecule has 0 unspecified atom stereocenters. The third kappa shape index (κ3) is 19.5. The fourth-order valence-electron chi connectivity index (χ4n) is 0.104. The summed E-state index contributed by atoms with van der Waals surface area (Å²) in [5, 5.41) is 6.34. The van der Waals surface area contributed by atoms with Crippen molar-refractivity contribution < 1.29 is 0 Å². The number of aliphatic imine (C=N–C) groups is 1. The van der Waals surface area contributed by atoms with Gasteiger partial charge in [-0.15, -0.1) is 0 Å². The zero-order chi connectivity index (χ0) is 6.83. The highest BCUT2D eigenvalue weighted by Gasteiger charge is 1.48. The minimum Gasteiger partial charge on any atom is -0.290 e. The van der Waals surface area contributed by atoms with E-state index in [9.17, 15) is 0 Å². The van der Waals surface area contributed by atoms with Crippen molar-refractivity contribution in [2.24, 2.45) is 4.99 Å². The lowest BCUT2D eigenvalue weighted by molar-refractivity contribution is 1.50. The molecule has 0 bridgehead atoms. The number of nitrogens with one attached hydrogen (secondary N) is 1. The van der Waals surface area contributed by atoms with Crippen LogP contribution >= 0.6 is 0 Å². The first-order chi connectivity index (χ1) is 3.91. The Balaban J connectivity index is 0. The molecule has 8 heavy (non-hydrogen) atoms. The highest BCUT2D eigenvalue weighted by atomic mass is 14.7. The predicted octanol–water partition coefficient (Wildman–Crippen LogP) is 1.88. The molecule has 0 amide bonds. The van der Waals surface area contributed by atoms with Crippen LogP contribution in [0.4, 0.5) is 0 Å². The number of hydrogen-bond donors (Lipinski definition) is 1. The number of rotatable bonds is 2. The van der Waals surface area contributed by atoms with Crippen molar-refractivity contribution >= 4 is 12.6 Å². The maximum atomic E-state index is 6.34. The lowest BCUT2D eigenvalue weighted by atomic mass is 10.7. The van der Waals surface area contributed by atoms with Gasteiger partial charge in [-0.25, -0.2) is 4.99 Å². The van der Waals surface area contributed by atoms with Crippen LogP contribution in [-0.2, 0) is 0 Å². The molecule has 0 fully saturated rings. The SMILES string of the molecule is C=CC=NC=N.CC. The van der Waals surface area contributed by atoms with Gasteiger partial charge in [-0.2, -0.15) is 0 Å². The van der Waals surface area contributed by atoms with Crippen molar-refractivity contribution in [1.82, 2.24) is 0 Å². The van der Waals surface area contributed by atoms with E-state index in [0.717, 1.165) is 6.34 Å². The summed E-state index contributed by atoms with van der Waals surface area (Å²) in [6.45, 7) is 7.35. The summed E-state index contributed by atoms with van der Waals surface area (Å²) in [6.07, 6.45) is 3.93. The van der Waals surface area contributed by atoms with E-state index in [2.05, 4.69) is 11.6 Å². The van der Waals surface area contributed by atoms with E-state index in [1.807, 2.05) is 13.8 Å². The smallest absolute Gasteiger partial charge is 0.106 e. The fraction of sp³-hybridized carbons (Fsp3) is 0.333. The van der Waals surface area contributed by atoms with Crippen LogP contribution in [0.15, 0.2) is 17.6 Å². The molecule has 2 nitrogen and oxygen atoms in total. The normalized spacial score (nSPS) is 7.25.